The molecule has 3 aromatic rings. The van der Waals surface area contributed by atoms with Crippen molar-refractivity contribution in [1.29, 1.82) is 0 Å². The van der Waals surface area contributed by atoms with Crippen molar-refractivity contribution >= 4 is 45.6 Å². The molecule has 0 saturated heterocycles. The molecule has 18 heavy (non-hydrogen) atoms. The average Bonchev–Trinajstić information content (AvgIpc) is 2.82. The van der Waals surface area contributed by atoms with Crippen LogP contribution in [0.15, 0.2) is 18.2 Å². The predicted octanol–water partition coefficient (Wildman–Crippen LogP) is 4.88. The van der Waals surface area contributed by atoms with E-state index in [1.54, 1.807) is 6.07 Å². The second-order valence-corrected chi connectivity index (χ2v) is 5.89. The Morgan fingerprint density at radius 1 is 1.11 bits per heavy atom. The molecule has 1 aromatic carbocycles. The standard InChI is InChI=1S/C11H4Cl2F2N2S/c12-9-1-4(10(13)18-9)11-16-7-2-5(14)6(15)3-8(7)17-11/h1-3H,(H,16,17). The number of thiophene rings is 1. The van der Waals surface area contributed by atoms with Gasteiger partial charge in [0.2, 0.25) is 0 Å². The number of imidazole rings is 1. The number of H-pyrrole nitrogens is 1. The summed E-state index contributed by atoms with van der Waals surface area (Å²) in [6, 6.07) is 3.74. The Morgan fingerprint density at radius 2 is 1.83 bits per heavy atom. The van der Waals surface area contributed by atoms with Crippen LogP contribution in [-0.4, -0.2) is 9.97 Å². The number of aromatic amines is 1. The first-order valence-corrected chi connectivity index (χ1v) is 6.42. The molecule has 0 aliphatic carbocycles. The molecule has 0 bridgehead atoms. The van der Waals surface area contributed by atoms with Gasteiger partial charge in [-0.25, -0.2) is 13.8 Å². The third-order valence-corrected chi connectivity index (χ3v) is 3.92. The SMILES string of the molecule is Fc1cc2nc(-c3cc(Cl)sc3Cl)[nH]c2cc1F. The fourth-order valence-corrected chi connectivity index (χ4v) is 3.10. The summed E-state index contributed by atoms with van der Waals surface area (Å²) in [7, 11) is 0. The van der Waals surface area contributed by atoms with E-state index in [1.165, 1.54) is 11.3 Å². The second-order valence-electron chi connectivity index (χ2n) is 3.61. The molecule has 3 rings (SSSR count). The molecule has 0 atom stereocenters. The Labute approximate surface area is 114 Å². The molecule has 7 heteroatoms. The van der Waals surface area contributed by atoms with Gasteiger partial charge in [0.25, 0.3) is 0 Å². The van der Waals surface area contributed by atoms with E-state index in [0.29, 0.717) is 31.1 Å². The zero-order chi connectivity index (χ0) is 12.9. The maximum atomic E-state index is 13.1. The molecular formula is C11H4Cl2F2N2S. The van der Waals surface area contributed by atoms with Crippen LogP contribution in [0.25, 0.3) is 22.4 Å². The third-order valence-electron chi connectivity index (χ3n) is 2.44. The topological polar surface area (TPSA) is 28.7 Å². The lowest BCUT2D eigenvalue weighted by Gasteiger charge is -1.90. The Kier molecular flexibility index (Phi) is 2.77. The number of hydrogen-bond acceptors (Lipinski definition) is 2. The highest BCUT2D eigenvalue weighted by atomic mass is 35.5. The van der Waals surface area contributed by atoms with Crippen LogP contribution >= 0.6 is 34.5 Å². The molecule has 0 spiro atoms. The Morgan fingerprint density at radius 3 is 2.50 bits per heavy atom. The van der Waals surface area contributed by atoms with Crippen LogP contribution < -0.4 is 0 Å². The van der Waals surface area contributed by atoms with Crippen molar-refractivity contribution in [3.8, 4) is 11.4 Å². The number of hydrogen-bond donors (Lipinski definition) is 1. The lowest BCUT2D eigenvalue weighted by Crippen LogP contribution is -1.82. The van der Waals surface area contributed by atoms with Gasteiger partial charge in [0.15, 0.2) is 11.6 Å². The second kappa shape index (κ2) is 4.19. The number of benzene rings is 1. The molecule has 92 valence electrons. The molecule has 1 N–H and O–H groups in total. The number of rotatable bonds is 1. The highest BCUT2D eigenvalue weighted by Crippen LogP contribution is 2.37. The summed E-state index contributed by atoms with van der Waals surface area (Å²) < 4.78 is 27.1. The summed E-state index contributed by atoms with van der Waals surface area (Å²) in [6.07, 6.45) is 0. The van der Waals surface area contributed by atoms with Crippen molar-refractivity contribution in [1.82, 2.24) is 9.97 Å². The number of aromatic nitrogens is 2. The average molecular weight is 305 g/mol. The summed E-state index contributed by atoms with van der Waals surface area (Å²) in [5.41, 5.74) is 1.35. The van der Waals surface area contributed by atoms with Gasteiger partial charge in [0.05, 0.1) is 15.4 Å². The normalized spacial score (nSPS) is 11.3. The van der Waals surface area contributed by atoms with Gasteiger partial charge in [0, 0.05) is 17.7 Å². The largest absolute Gasteiger partial charge is 0.338 e. The van der Waals surface area contributed by atoms with Crippen molar-refractivity contribution in [3.05, 3.63) is 38.5 Å². The Hall–Kier alpha value is -1.17. The van der Waals surface area contributed by atoms with Crippen molar-refractivity contribution in [2.24, 2.45) is 0 Å². The molecule has 0 saturated carbocycles. The number of fused-ring (bicyclic) bond motifs is 1. The van der Waals surface area contributed by atoms with Crippen LogP contribution in [0.2, 0.25) is 8.67 Å². The van der Waals surface area contributed by atoms with Gasteiger partial charge in [-0.2, -0.15) is 0 Å². The Balaban J connectivity index is 2.22. The summed E-state index contributed by atoms with van der Waals surface area (Å²) >= 11 is 13.0. The number of nitrogens with zero attached hydrogens (tertiary/aromatic N) is 1. The van der Waals surface area contributed by atoms with Crippen molar-refractivity contribution < 1.29 is 8.78 Å². The molecule has 0 unspecified atom stereocenters. The van der Waals surface area contributed by atoms with E-state index in [-0.39, 0.29) is 0 Å². The minimum absolute atomic E-state index is 0.335. The van der Waals surface area contributed by atoms with Crippen molar-refractivity contribution in [2.45, 2.75) is 0 Å². The molecule has 0 amide bonds. The van der Waals surface area contributed by atoms with Crippen LogP contribution in [0, 0.1) is 11.6 Å². The van der Waals surface area contributed by atoms with Gasteiger partial charge in [-0.1, -0.05) is 23.2 Å². The van der Waals surface area contributed by atoms with Crippen molar-refractivity contribution in [3.63, 3.8) is 0 Å². The maximum Gasteiger partial charge on any atom is 0.161 e. The minimum atomic E-state index is -0.935. The molecule has 0 aliphatic rings. The highest BCUT2D eigenvalue weighted by molar-refractivity contribution is 7.20. The summed E-state index contributed by atoms with van der Waals surface area (Å²) in [4.78, 5) is 7.04. The first kappa shape index (κ1) is 11.9. The summed E-state index contributed by atoms with van der Waals surface area (Å²) in [6.45, 7) is 0. The maximum absolute atomic E-state index is 13.1. The quantitative estimate of drug-likeness (QED) is 0.682. The van der Waals surface area contributed by atoms with Crippen LogP contribution in [0.4, 0.5) is 8.78 Å². The fourth-order valence-electron chi connectivity index (χ4n) is 1.63. The van der Waals surface area contributed by atoms with Crippen molar-refractivity contribution in [2.75, 3.05) is 0 Å². The van der Waals surface area contributed by atoms with Crippen LogP contribution in [-0.2, 0) is 0 Å². The Bertz CT molecular complexity index is 712. The van der Waals surface area contributed by atoms with E-state index < -0.39 is 11.6 Å². The lowest BCUT2D eigenvalue weighted by molar-refractivity contribution is 0.510. The summed E-state index contributed by atoms with van der Waals surface area (Å²) in [5.74, 6) is -1.43. The first-order valence-electron chi connectivity index (χ1n) is 4.84. The zero-order valence-electron chi connectivity index (χ0n) is 8.60. The zero-order valence-corrected chi connectivity index (χ0v) is 10.9. The molecule has 2 heterocycles. The van der Waals surface area contributed by atoms with E-state index in [9.17, 15) is 8.78 Å². The van der Waals surface area contributed by atoms with E-state index in [2.05, 4.69) is 9.97 Å². The lowest BCUT2D eigenvalue weighted by atomic mass is 10.3. The molecule has 0 radical (unpaired) electrons. The minimum Gasteiger partial charge on any atom is -0.338 e. The third kappa shape index (κ3) is 1.88. The van der Waals surface area contributed by atoms with Gasteiger partial charge in [-0.05, 0) is 6.07 Å². The smallest absolute Gasteiger partial charge is 0.161 e. The highest BCUT2D eigenvalue weighted by Gasteiger charge is 2.14. The van der Waals surface area contributed by atoms with E-state index >= 15 is 0 Å². The van der Waals surface area contributed by atoms with E-state index in [4.69, 9.17) is 23.2 Å². The summed E-state index contributed by atoms with van der Waals surface area (Å²) in [5, 5.41) is 0. The monoisotopic (exact) mass is 304 g/mol. The fraction of sp³-hybridized carbons (Fsp3) is 0. The van der Waals surface area contributed by atoms with Crippen LogP contribution in [0.5, 0.6) is 0 Å². The van der Waals surface area contributed by atoms with Gasteiger partial charge in [-0.3, -0.25) is 0 Å². The van der Waals surface area contributed by atoms with E-state index in [1.807, 2.05) is 0 Å². The van der Waals surface area contributed by atoms with E-state index in [0.717, 1.165) is 12.1 Å². The van der Waals surface area contributed by atoms with Crippen LogP contribution in [0.1, 0.15) is 0 Å². The number of nitrogens with one attached hydrogen (secondary N) is 1. The molecule has 2 aromatic heterocycles. The van der Waals surface area contributed by atoms with Gasteiger partial charge in [-0.15, -0.1) is 11.3 Å². The predicted molar refractivity (Wildman–Crippen MR) is 69.3 cm³/mol. The number of halogens is 4. The van der Waals surface area contributed by atoms with Gasteiger partial charge < -0.3 is 4.98 Å². The molecule has 0 aliphatic heterocycles. The van der Waals surface area contributed by atoms with Gasteiger partial charge in [0.1, 0.15) is 10.2 Å². The van der Waals surface area contributed by atoms with Crippen LogP contribution in [0.3, 0.4) is 0 Å². The van der Waals surface area contributed by atoms with Gasteiger partial charge >= 0.3 is 0 Å². The molecular weight excluding hydrogens is 301 g/mol. The first-order chi connectivity index (χ1) is 8.54. The molecule has 0 fully saturated rings. The molecule has 2 nitrogen and oxygen atoms in total.